The lowest BCUT2D eigenvalue weighted by Gasteiger charge is -2.38. The minimum atomic E-state index is -0.614. The van der Waals surface area contributed by atoms with Gasteiger partial charge in [0.15, 0.2) is 17.6 Å². The van der Waals surface area contributed by atoms with Crippen molar-refractivity contribution in [3.63, 3.8) is 0 Å². The number of nitrogens with zero attached hydrogens (tertiary/aromatic N) is 2. The molecule has 3 heterocycles. The summed E-state index contributed by atoms with van der Waals surface area (Å²) in [7, 11) is 0. The molecule has 1 N–H and O–H groups in total. The number of hydrogen-bond donors (Lipinski definition) is 1. The Kier molecular flexibility index (Phi) is 6.24. The second-order valence-corrected chi connectivity index (χ2v) is 8.64. The molecule has 2 amide bonds. The summed E-state index contributed by atoms with van der Waals surface area (Å²) < 4.78 is 17.7. The number of benzene rings is 2. The van der Waals surface area contributed by atoms with E-state index in [9.17, 15) is 9.59 Å². The van der Waals surface area contributed by atoms with Crippen LogP contribution in [0.1, 0.15) is 19.3 Å². The molecule has 2 aromatic rings. The Hall–Kier alpha value is -3.42. The maximum absolute atomic E-state index is 13.1. The number of carbonyl (C=O) groups excluding carboxylic acids is 2. The third kappa shape index (κ3) is 4.84. The zero-order chi connectivity index (χ0) is 22.6. The Morgan fingerprint density at radius 2 is 1.64 bits per heavy atom. The topological polar surface area (TPSA) is 80.3 Å². The van der Waals surface area contributed by atoms with Crippen molar-refractivity contribution in [2.75, 3.05) is 44.2 Å². The molecule has 33 heavy (non-hydrogen) atoms. The molecule has 3 aliphatic rings. The zero-order valence-electron chi connectivity index (χ0n) is 18.6. The summed E-state index contributed by atoms with van der Waals surface area (Å²) in [5.74, 6) is 1.89. The zero-order valence-corrected chi connectivity index (χ0v) is 18.6. The SMILES string of the molecule is O=C(CN1C[C@H](C(=O)N2CCCCC2)Oc2ccccc21)NC[C@H]1COc2ccccc2O1. The van der Waals surface area contributed by atoms with Crippen LogP contribution in [0.4, 0.5) is 5.69 Å². The highest BCUT2D eigenvalue weighted by atomic mass is 16.6. The number of carbonyl (C=O) groups is 2. The molecule has 0 aromatic heterocycles. The number of hydrogen-bond acceptors (Lipinski definition) is 6. The van der Waals surface area contributed by atoms with Gasteiger partial charge < -0.3 is 29.3 Å². The van der Waals surface area contributed by atoms with Gasteiger partial charge >= 0.3 is 0 Å². The van der Waals surface area contributed by atoms with Crippen molar-refractivity contribution in [3.8, 4) is 17.2 Å². The molecule has 0 saturated carbocycles. The minimum absolute atomic E-state index is 0.000955. The number of piperidine rings is 1. The molecule has 8 heteroatoms. The van der Waals surface area contributed by atoms with Crippen molar-refractivity contribution in [2.24, 2.45) is 0 Å². The van der Waals surface area contributed by atoms with Gasteiger partial charge in [0.05, 0.1) is 25.3 Å². The van der Waals surface area contributed by atoms with Crippen LogP contribution in [0.5, 0.6) is 17.2 Å². The number of anilines is 1. The monoisotopic (exact) mass is 451 g/mol. The van der Waals surface area contributed by atoms with Gasteiger partial charge in [-0.3, -0.25) is 9.59 Å². The van der Waals surface area contributed by atoms with E-state index in [0.717, 1.165) is 43.8 Å². The number of para-hydroxylation sites is 4. The third-order valence-corrected chi connectivity index (χ3v) is 6.23. The summed E-state index contributed by atoms with van der Waals surface area (Å²) >= 11 is 0. The molecule has 1 fully saturated rings. The summed E-state index contributed by atoms with van der Waals surface area (Å²) in [6.07, 6.45) is 2.34. The molecule has 1 saturated heterocycles. The van der Waals surface area contributed by atoms with E-state index in [-0.39, 0.29) is 24.5 Å². The summed E-state index contributed by atoms with van der Waals surface area (Å²) in [6.45, 7) is 2.74. The molecule has 5 rings (SSSR count). The number of ether oxygens (including phenoxy) is 3. The van der Waals surface area contributed by atoms with Crippen LogP contribution in [-0.2, 0) is 9.59 Å². The number of rotatable bonds is 5. The first-order chi connectivity index (χ1) is 16.2. The third-order valence-electron chi connectivity index (χ3n) is 6.23. The molecule has 0 spiro atoms. The van der Waals surface area contributed by atoms with Gasteiger partial charge in [0.2, 0.25) is 5.91 Å². The highest BCUT2D eigenvalue weighted by Gasteiger charge is 2.34. The Bertz CT molecular complexity index is 1010. The van der Waals surface area contributed by atoms with Crippen molar-refractivity contribution < 1.29 is 23.8 Å². The number of amides is 2. The highest BCUT2D eigenvalue weighted by molar-refractivity contribution is 5.86. The van der Waals surface area contributed by atoms with E-state index < -0.39 is 6.10 Å². The van der Waals surface area contributed by atoms with Crippen LogP contribution in [0.25, 0.3) is 0 Å². The van der Waals surface area contributed by atoms with Crippen molar-refractivity contribution in [3.05, 3.63) is 48.5 Å². The van der Waals surface area contributed by atoms with Crippen LogP contribution >= 0.6 is 0 Å². The van der Waals surface area contributed by atoms with E-state index in [1.807, 2.05) is 58.3 Å². The van der Waals surface area contributed by atoms with Gasteiger partial charge in [0, 0.05) is 13.1 Å². The van der Waals surface area contributed by atoms with Gasteiger partial charge in [0.25, 0.3) is 5.91 Å². The van der Waals surface area contributed by atoms with Crippen molar-refractivity contribution in [2.45, 2.75) is 31.5 Å². The predicted molar refractivity (Wildman–Crippen MR) is 123 cm³/mol. The normalized spacial score (nSPS) is 21.6. The van der Waals surface area contributed by atoms with Crippen LogP contribution in [0.2, 0.25) is 0 Å². The van der Waals surface area contributed by atoms with Crippen LogP contribution in [0, 0.1) is 0 Å². The van der Waals surface area contributed by atoms with Crippen LogP contribution in [0.15, 0.2) is 48.5 Å². The van der Waals surface area contributed by atoms with Gasteiger partial charge in [-0.15, -0.1) is 0 Å². The molecule has 174 valence electrons. The second kappa shape index (κ2) is 9.60. The van der Waals surface area contributed by atoms with E-state index in [1.54, 1.807) is 0 Å². The Morgan fingerprint density at radius 1 is 0.909 bits per heavy atom. The molecule has 0 unspecified atom stereocenters. The number of nitrogens with one attached hydrogen (secondary N) is 1. The fraction of sp³-hybridized carbons (Fsp3) is 0.440. The summed E-state index contributed by atoms with van der Waals surface area (Å²) in [4.78, 5) is 29.7. The van der Waals surface area contributed by atoms with E-state index in [0.29, 0.717) is 31.2 Å². The van der Waals surface area contributed by atoms with E-state index in [4.69, 9.17) is 14.2 Å². The van der Waals surface area contributed by atoms with Gasteiger partial charge in [-0.2, -0.15) is 0 Å². The fourth-order valence-corrected chi connectivity index (χ4v) is 4.52. The van der Waals surface area contributed by atoms with Crippen molar-refractivity contribution >= 4 is 17.5 Å². The first kappa shape index (κ1) is 21.4. The molecular weight excluding hydrogens is 422 g/mol. The van der Waals surface area contributed by atoms with E-state index >= 15 is 0 Å². The average molecular weight is 452 g/mol. The predicted octanol–water partition coefficient (Wildman–Crippen LogP) is 2.22. The smallest absolute Gasteiger partial charge is 0.265 e. The summed E-state index contributed by atoms with van der Waals surface area (Å²) in [5, 5.41) is 2.95. The fourth-order valence-electron chi connectivity index (χ4n) is 4.52. The lowest BCUT2D eigenvalue weighted by Crippen LogP contribution is -2.53. The van der Waals surface area contributed by atoms with Crippen LogP contribution in [0.3, 0.4) is 0 Å². The number of likely N-dealkylation sites (tertiary alicyclic amines) is 1. The standard InChI is InChI=1S/C25H29N3O5/c29-24(26-14-18-17-31-21-10-4-5-11-22(21)32-18)16-28-15-23(25(30)27-12-6-1-7-13-27)33-20-9-3-2-8-19(20)28/h2-5,8-11,18,23H,1,6-7,12-17H2,(H,26,29)/t18-,23+/m0/s1. The largest absolute Gasteiger partial charge is 0.486 e. The lowest BCUT2D eigenvalue weighted by atomic mass is 10.1. The molecule has 0 bridgehead atoms. The summed E-state index contributed by atoms with van der Waals surface area (Å²) in [6, 6.07) is 15.1. The van der Waals surface area contributed by atoms with E-state index in [1.165, 1.54) is 0 Å². The van der Waals surface area contributed by atoms with Crippen LogP contribution in [-0.4, -0.2) is 68.3 Å². The van der Waals surface area contributed by atoms with E-state index in [2.05, 4.69) is 5.32 Å². The number of fused-ring (bicyclic) bond motifs is 2. The Morgan fingerprint density at radius 3 is 2.45 bits per heavy atom. The molecule has 8 nitrogen and oxygen atoms in total. The van der Waals surface area contributed by atoms with Gasteiger partial charge in [-0.25, -0.2) is 0 Å². The second-order valence-electron chi connectivity index (χ2n) is 8.64. The molecule has 2 atom stereocenters. The molecule has 0 radical (unpaired) electrons. The summed E-state index contributed by atoms with van der Waals surface area (Å²) in [5.41, 5.74) is 0.821. The molecule has 2 aromatic carbocycles. The first-order valence-corrected chi connectivity index (χ1v) is 11.6. The Labute approximate surface area is 193 Å². The maximum Gasteiger partial charge on any atom is 0.265 e. The lowest BCUT2D eigenvalue weighted by molar-refractivity contribution is -0.139. The molecule has 0 aliphatic carbocycles. The first-order valence-electron chi connectivity index (χ1n) is 11.6. The maximum atomic E-state index is 13.1. The van der Waals surface area contributed by atoms with Gasteiger partial charge in [0.1, 0.15) is 18.5 Å². The van der Waals surface area contributed by atoms with Crippen molar-refractivity contribution in [1.29, 1.82) is 0 Å². The van der Waals surface area contributed by atoms with Gasteiger partial charge in [-0.1, -0.05) is 24.3 Å². The Balaban J connectivity index is 1.20. The minimum Gasteiger partial charge on any atom is -0.486 e. The quantitative estimate of drug-likeness (QED) is 0.751. The molecular formula is C25H29N3O5. The van der Waals surface area contributed by atoms with Gasteiger partial charge in [-0.05, 0) is 43.5 Å². The van der Waals surface area contributed by atoms with Crippen molar-refractivity contribution in [1.82, 2.24) is 10.2 Å². The average Bonchev–Trinajstić information content (AvgIpc) is 2.87. The molecule has 3 aliphatic heterocycles. The van der Waals surface area contributed by atoms with Crippen LogP contribution < -0.4 is 24.4 Å². The highest BCUT2D eigenvalue weighted by Crippen LogP contribution is 2.34.